The Morgan fingerprint density at radius 3 is 2.59 bits per heavy atom. The van der Waals surface area contributed by atoms with Crippen molar-refractivity contribution in [3.63, 3.8) is 0 Å². The summed E-state index contributed by atoms with van der Waals surface area (Å²) in [5.41, 5.74) is 2.29. The Bertz CT molecular complexity index is 419. The fourth-order valence-electron chi connectivity index (χ4n) is 2.69. The van der Waals surface area contributed by atoms with E-state index in [0.29, 0.717) is 17.6 Å². The third-order valence-electron chi connectivity index (χ3n) is 4.15. The van der Waals surface area contributed by atoms with Crippen molar-refractivity contribution in [3.8, 4) is 0 Å². The molecule has 0 bridgehead atoms. The molecule has 0 atom stereocenters. The predicted octanol–water partition coefficient (Wildman–Crippen LogP) is 2.75. The summed E-state index contributed by atoms with van der Waals surface area (Å²) < 4.78 is 0. The maximum atomic E-state index is 12.3. The van der Waals surface area contributed by atoms with Gasteiger partial charge in [0.1, 0.15) is 0 Å². The first kappa shape index (κ1) is 11.0. The minimum atomic E-state index is 0.346. The normalized spacial score (nSPS) is 20.7. The maximum absolute atomic E-state index is 12.3. The van der Waals surface area contributed by atoms with Gasteiger partial charge < -0.3 is 5.32 Å². The van der Waals surface area contributed by atoms with E-state index in [1.165, 1.54) is 24.8 Å². The Labute approximate surface area is 102 Å². The molecule has 3 rings (SSSR count). The highest BCUT2D eigenvalue weighted by Gasteiger charge is 2.26. The summed E-state index contributed by atoms with van der Waals surface area (Å²) in [6.45, 7) is 2.02. The predicted molar refractivity (Wildman–Crippen MR) is 68.3 cm³/mol. The van der Waals surface area contributed by atoms with E-state index in [4.69, 9.17) is 0 Å². The van der Waals surface area contributed by atoms with Crippen LogP contribution in [0.25, 0.3) is 0 Å². The van der Waals surface area contributed by atoms with Crippen molar-refractivity contribution < 1.29 is 4.79 Å². The lowest BCUT2D eigenvalue weighted by Gasteiger charge is -2.29. The quantitative estimate of drug-likeness (QED) is 0.804. The second-order valence-electron chi connectivity index (χ2n) is 5.37. The van der Waals surface area contributed by atoms with Crippen LogP contribution in [0.5, 0.6) is 0 Å². The largest absolute Gasteiger partial charge is 0.316 e. The van der Waals surface area contributed by atoms with Crippen molar-refractivity contribution in [2.45, 2.75) is 31.6 Å². The van der Waals surface area contributed by atoms with E-state index in [-0.39, 0.29) is 0 Å². The number of ketones is 1. The van der Waals surface area contributed by atoms with Crippen molar-refractivity contribution in [1.82, 2.24) is 5.32 Å². The molecule has 1 aromatic carbocycles. The summed E-state index contributed by atoms with van der Waals surface area (Å²) in [6, 6.07) is 8.22. The summed E-state index contributed by atoms with van der Waals surface area (Å²) in [4.78, 5) is 12.3. The molecule has 0 aromatic heterocycles. The van der Waals surface area contributed by atoms with Crippen LogP contribution in [-0.4, -0.2) is 18.9 Å². The summed E-state index contributed by atoms with van der Waals surface area (Å²) in [7, 11) is 0. The van der Waals surface area contributed by atoms with Gasteiger partial charge in [0, 0.05) is 12.0 Å². The summed E-state index contributed by atoms with van der Waals surface area (Å²) in [6.07, 6.45) is 4.56. The molecule has 0 radical (unpaired) electrons. The van der Waals surface area contributed by atoms with Crippen molar-refractivity contribution >= 4 is 5.78 Å². The Hall–Kier alpha value is -1.15. The van der Waals surface area contributed by atoms with Gasteiger partial charge in [-0.25, -0.2) is 0 Å². The smallest absolute Gasteiger partial charge is 0.163 e. The number of Topliss-reactive ketones (excluding diaryl/α,β-unsaturated/α-hetero) is 1. The van der Waals surface area contributed by atoms with Gasteiger partial charge in [-0.2, -0.15) is 0 Å². The van der Waals surface area contributed by atoms with E-state index in [2.05, 4.69) is 17.4 Å². The molecule has 1 aliphatic heterocycles. The fraction of sp³-hybridized carbons (Fsp3) is 0.533. The Kier molecular flexibility index (Phi) is 2.98. The van der Waals surface area contributed by atoms with Crippen molar-refractivity contribution in [2.24, 2.45) is 5.92 Å². The number of carbonyl (C=O) groups is 1. The molecule has 1 saturated heterocycles. The number of rotatable bonds is 4. The van der Waals surface area contributed by atoms with Gasteiger partial charge in [-0.05, 0) is 43.3 Å². The minimum Gasteiger partial charge on any atom is -0.316 e. The molecule has 17 heavy (non-hydrogen) atoms. The molecule has 1 N–H and O–H groups in total. The molecule has 1 heterocycles. The molecule has 2 heteroatoms. The van der Waals surface area contributed by atoms with E-state index in [9.17, 15) is 4.79 Å². The van der Waals surface area contributed by atoms with E-state index >= 15 is 0 Å². The highest BCUT2D eigenvalue weighted by atomic mass is 16.1. The third kappa shape index (κ3) is 2.14. The van der Waals surface area contributed by atoms with Crippen molar-refractivity contribution in [2.75, 3.05) is 13.1 Å². The molecule has 2 aliphatic rings. The zero-order chi connectivity index (χ0) is 11.7. The molecule has 1 aromatic rings. The van der Waals surface area contributed by atoms with Gasteiger partial charge in [0.15, 0.2) is 5.78 Å². The number of nitrogens with one attached hydrogen (secondary N) is 1. The Morgan fingerprint density at radius 2 is 2.00 bits per heavy atom. The first-order valence-corrected chi connectivity index (χ1v) is 6.67. The van der Waals surface area contributed by atoms with Crippen LogP contribution in [-0.2, 0) is 0 Å². The van der Waals surface area contributed by atoms with Gasteiger partial charge in [0.05, 0.1) is 0 Å². The minimum absolute atomic E-state index is 0.346. The van der Waals surface area contributed by atoms with E-state index in [0.717, 1.165) is 25.1 Å². The maximum Gasteiger partial charge on any atom is 0.163 e. The summed E-state index contributed by atoms with van der Waals surface area (Å²) in [5.74, 6) is 1.56. The molecule has 1 aliphatic carbocycles. The first-order chi connectivity index (χ1) is 8.34. The topological polar surface area (TPSA) is 29.1 Å². The van der Waals surface area contributed by atoms with Gasteiger partial charge in [-0.15, -0.1) is 0 Å². The van der Waals surface area contributed by atoms with E-state index < -0.39 is 0 Å². The molecule has 0 amide bonds. The monoisotopic (exact) mass is 229 g/mol. The number of benzene rings is 1. The van der Waals surface area contributed by atoms with Gasteiger partial charge >= 0.3 is 0 Å². The second kappa shape index (κ2) is 4.61. The van der Waals surface area contributed by atoms with Crippen LogP contribution in [0.15, 0.2) is 24.3 Å². The zero-order valence-corrected chi connectivity index (χ0v) is 10.1. The second-order valence-corrected chi connectivity index (χ2v) is 5.37. The van der Waals surface area contributed by atoms with E-state index in [1.807, 2.05) is 12.1 Å². The Morgan fingerprint density at radius 1 is 1.24 bits per heavy atom. The van der Waals surface area contributed by atoms with Crippen LogP contribution in [0.1, 0.15) is 47.5 Å². The van der Waals surface area contributed by atoms with Crippen LogP contribution in [0.4, 0.5) is 0 Å². The molecule has 2 fully saturated rings. The highest BCUT2D eigenvalue weighted by molar-refractivity contribution is 5.97. The molecule has 90 valence electrons. The lowest BCUT2D eigenvalue weighted by atomic mass is 9.77. The molecule has 2 nitrogen and oxygen atoms in total. The molecular weight excluding hydrogens is 210 g/mol. The zero-order valence-electron chi connectivity index (χ0n) is 10.1. The molecule has 0 unspecified atom stereocenters. The van der Waals surface area contributed by atoms with Crippen LogP contribution >= 0.6 is 0 Å². The van der Waals surface area contributed by atoms with Crippen molar-refractivity contribution in [1.29, 1.82) is 0 Å². The average molecular weight is 229 g/mol. The molecular formula is C15H19NO. The molecule has 0 spiro atoms. The van der Waals surface area contributed by atoms with Gasteiger partial charge in [0.2, 0.25) is 0 Å². The van der Waals surface area contributed by atoms with Gasteiger partial charge in [0.25, 0.3) is 0 Å². The van der Waals surface area contributed by atoms with Crippen LogP contribution in [0.2, 0.25) is 0 Å². The molecule has 1 saturated carbocycles. The van der Waals surface area contributed by atoms with Crippen molar-refractivity contribution in [3.05, 3.63) is 35.4 Å². The number of hydrogen-bond acceptors (Lipinski definition) is 2. The average Bonchev–Trinajstić information content (AvgIpc) is 2.21. The number of hydrogen-bond donors (Lipinski definition) is 1. The van der Waals surface area contributed by atoms with Crippen LogP contribution in [0.3, 0.4) is 0 Å². The lowest BCUT2D eigenvalue weighted by molar-refractivity contribution is 0.0943. The van der Waals surface area contributed by atoms with Gasteiger partial charge in [-0.1, -0.05) is 30.7 Å². The van der Waals surface area contributed by atoms with E-state index in [1.54, 1.807) is 0 Å². The standard InChI is InChI=1S/C15H19NO/c17-15(8-11-9-16-10-11)14-7-2-1-6-13(14)12-4-3-5-12/h1-2,6-7,11-12,16H,3-5,8-10H2. The first-order valence-electron chi connectivity index (χ1n) is 6.67. The van der Waals surface area contributed by atoms with Gasteiger partial charge in [-0.3, -0.25) is 4.79 Å². The highest BCUT2D eigenvalue weighted by Crippen LogP contribution is 2.38. The summed E-state index contributed by atoms with van der Waals surface area (Å²) in [5, 5.41) is 3.23. The summed E-state index contributed by atoms with van der Waals surface area (Å²) >= 11 is 0. The van der Waals surface area contributed by atoms with Crippen LogP contribution < -0.4 is 5.32 Å². The number of carbonyl (C=O) groups excluding carboxylic acids is 1. The SMILES string of the molecule is O=C(CC1CNC1)c1ccccc1C1CCC1. The Balaban J connectivity index is 1.77. The fourth-order valence-corrected chi connectivity index (χ4v) is 2.69. The third-order valence-corrected chi connectivity index (χ3v) is 4.15. The van der Waals surface area contributed by atoms with Crippen LogP contribution in [0, 0.1) is 5.92 Å². The lowest BCUT2D eigenvalue weighted by Crippen LogP contribution is -2.43.